The topological polar surface area (TPSA) is 157 Å². The third-order valence-electron chi connectivity index (χ3n) is 6.24. The van der Waals surface area contributed by atoms with Gasteiger partial charge < -0.3 is 21.5 Å². The largest absolute Gasteiger partial charge is 0.321 e. The Morgan fingerprint density at radius 2 is 1.76 bits per heavy atom. The lowest BCUT2D eigenvalue weighted by molar-refractivity contribution is -0.117. The molecule has 37 heavy (non-hydrogen) atoms. The quantitative estimate of drug-likeness (QED) is 0.258. The maximum absolute atomic E-state index is 12.7. The van der Waals surface area contributed by atoms with Crippen molar-refractivity contribution in [2.24, 2.45) is 11.8 Å². The zero-order chi connectivity index (χ0) is 25.9. The molecule has 10 nitrogen and oxygen atoms in total. The molecule has 0 aliphatic heterocycles. The van der Waals surface area contributed by atoms with Crippen molar-refractivity contribution < 1.29 is 9.59 Å². The number of anilines is 2. The number of carbonyl (C=O) groups excluding carboxylic acids is 2. The summed E-state index contributed by atoms with van der Waals surface area (Å²) in [5.41, 5.74) is 3.66. The molecule has 0 radical (unpaired) electrons. The van der Waals surface area contributed by atoms with Crippen LogP contribution in [0.5, 0.6) is 0 Å². The summed E-state index contributed by atoms with van der Waals surface area (Å²) in [5.74, 6) is 0.670. The van der Waals surface area contributed by atoms with Crippen LogP contribution in [-0.2, 0) is 9.59 Å². The van der Waals surface area contributed by atoms with Gasteiger partial charge in [-0.1, -0.05) is 0 Å². The molecule has 10 heteroatoms. The fourth-order valence-corrected chi connectivity index (χ4v) is 3.76. The van der Waals surface area contributed by atoms with E-state index in [0.29, 0.717) is 40.0 Å². The summed E-state index contributed by atoms with van der Waals surface area (Å²) in [6, 6.07) is 7.10. The van der Waals surface area contributed by atoms with Crippen LogP contribution >= 0.6 is 0 Å². The van der Waals surface area contributed by atoms with Gasteiger partial charge in [0.2, 0.25) is 5.91 Å². The molecule has 186 valence electrons. The first-order valence-corrected chi connectivity index (χ1v) is 12.1. The highest BCUT2D eigenvalue weighted by Gasteiger charge is 2.30. The number of nitrogens with zero attached hydrogens (tertiary/aromatic N) is 4. The number of hydrogen-bond acceptors (Lipinski definition) is 8. The first kappa shape index (κ1) is 24.1. The summed E-state index contributed by atoms with van der Waals surface area (Å²) < 4.78 is 0. The molecule has 2 amide bonds. The molecule has 0 spiro atoms. The van der Waals surface area contributed by atoms with Gasteiger partial charge >= 0.3 is 0 Å². The molecule has 0 bridgehead atoms. The van der Waals surface area contributed by atoms with E-state index in [1.165, 1.54) is 12.3 Å². The van der Waals surface area contributed by atoms with Crippen molar-refractivity contribution >= 4 is 35.2 Å². The monoisotopic (exact) mass is 494 g/mol. The predicted octanol–water partition coefficient (Wildman–Crippen LogP) is 4.20. The fraction of sp³-hybridized carbons (Fsp3) is 0.259. The minimum atomic E-state index is -0.482. The minimum Gasteiger partial charge on any atom is -0.321 e. The van der Waals surface area contributed by atoms with E-state index < -0.39 is 5.91 Å². The van der Waals surface area contributed by atoms with Gasteiger partial charge in [0.05, 0.1) is 23.2 Å². The van der Waals surface area contributed by atoms with Gasteiger partial charge in [-0.2, -0.15) is 0 Å². The van der Waals surface area contributed by atoms with Crippen molar-refractivity contribution in [3.63, 3.8) is 0 Å². The Morgan fingerprint density at radius 1 is 1.00 bits per heavy atom. The minimum absolute atomic E-state index is 0.0148. The summed E-state index contributed by atoms with van der Waals surface area (Å²) in [6.45, 7) is 1.83. The number of rotatable bonds is 9. The molecule has 2 aliphatic carbocycles. The van der Waals surface area contributed by atoms with Crippen LogP contribution in [0, 0.1) is 29.6 Å². The average molecular weight is 495 g/mol. The van der Waals surface area contributed by atoms with Crippen LogP contribution in [-0.4, -0.2) is 43.7 Å². The van der Waals surface area contributed by atoms with E-state index in [9.17, 15) is 9.59 Å². The summed E-state index contributed by atoms with van der Waals surface area (Å²) in [6.07, 6.45) is 10.9. The first-order chi connectivity index (χ1) is 17.9. The summed E-state index contributed by atoms with van der Waals surface area (Å²) in [5, 5.41) is 21.2. The van der Waals surface area contributed by atoms with Crippen LogP contribution in [0.3, 0.4) is 0 Å². The van der Waals surface area contributed by atoms with Crippen molar-refractivity contribution in [3.05, 3.63) is 60.2 Å². The Hall–Kier alpha value is -4.60. The van der Waals surface area contributed by atoms with E-state index in [-0.39, 0.29) is 23.3 Å². The molecule has 2 aliphatic rings. The smallest absolute Gasteiger partial charge is 0.257 e. The second-order valence-electron chi connectivity index (χ2n) is 9.24. The van der Waals surface area contributed by atoms with Gasteiger partial charge in [0.25, 0.3) is 5.91 Å². The Labute approximate surface area is 213 Å². The van der Waals surface area contributed by atoms with Gasteiger partial charge in [-0.3, -0.25) is 14.6 Å². The zero-order valence-corrected chi connectivity index (χ0v) is 20.3. The van der Waals surface area contributed by atoms with Crippen LogP contribution in [0.2, 0.25) is 0 Å². The number of aromatic nitrogens is 4. The number of aryl methyl sites for hydroxylation is 1. The maximum Gasteiger partial charge on any atom is 0.257 e. The first-order valence-electron chi connectivity index (χ1n) is 12.1. The third-order valence-corrected chi connectivity index (χ3v) is 6.24. The van der Waals surface area contributed by atoms with Gasteiger partial charge in [-0.25, -0.2) is 15.0 Å². The number of allylic oxidation sites excluding steroid dienone is 1. The van der Waals surface area contributed by atoms with Crippen molar-refractivity contribution in [3.8, 4) is 22.6 Å². The number of carbonyl (C=O) groups is 2. The summed E-state index contributed by atoms with van der Waals surface area (Å²) >= 11 is 0. The molecule has 2 saturated carbocycles. The molecule has 0 saturated heterocycles. The number of hydrogen-bond donors (Lipinski definition) is 4. The molecular formula is C27H26N8O2. The molecule has 3 heterocycles. The molecule has 3 aromatic rings. The van der Waals surface area contributed by atoms with Gasteiger partial charge in [-0.05, 0) is 62.9 Å². The molecule has 0 atom stereocenters. The highest BCUT2D eigenvalue weighted by Crippen LogP contribution is 2.31. The van der Waals surface area contributed by atoms with E-state index in [4.69, 9.17) is 15.8 Å². The SMILES string of the molecule is Cc1ncc(NC(=O)/C(C=N)=C/C(=N)C2CC2)cc1-c1nccc(-c2ccnc(NC(=O)C3CC3)c2)n1. The van der Waals surface area contributed by atoms with Crippen molar-refractivity contribution in [1.29, 1.82) is 10.8 Å². The van der Waals surface area contributed by atoms with Crippen LogP contribution in [0.4, 0.5) is 11.5 Å². The van der Waals surface area contributed by atoms with Crippen molar-refractivity contribution in [1.82, 2.24) is 19.9 Å². The highest BCUT2D eigenvalue weighted by molar-refractivity contribution is 6.20. The molecule has 5 rings (SSSR count). The van der Waals surface area contributed by atoms with Gasteiger partial charge in [0.15, 0.2) is 5.82 Å². The molecular weight excluding hydrogens is 468 g/mol. The molecule has 0 unspecified atom stereocenters. The lowest BCUT2D eigenvalue weighted by atomic mass is 10.1. The lowest BCUT2D eigenvalue weighted by Gasteiger charge is -2.11. The second kappa shape index (κ2) is 10.2. The van der Waals surface area contributed by atoms with E-state index >= 15 is 0 Å². The summed E-state index contributed by atoms with van der Waals surface area (Å²) in [4.78, 5) is 42.6. The van der Waals surface area contributed by atoms with E-state index in [1.807, 2.05) is 13.0 Å². The van der Waals surface area contributed by atoms with Gasteiger partial charge in [0.1, 0.15) is 5.82 Å². The Balaban J connectivity index is 1.37. The number of nitrogens with one attached hydrogen (secondary N) is 4. The van der Waals surface area contributed by atoms with Crippen molar-refractivity contribution in [2.75, 3.05) is 10.6 Å². The maximum atomic E-state index is 12.7. The van der Waals surface area contributed by atoms with Gasteiger partial charge in [0, 0.05) is 53.0 Å². The third kappa shape index (κ3) is 5.80. The van der Waals surface area contributed by atoms with Crippen LogP contribution in [0.15, 0.2) is 54.5 Å². The predicted molar refractivity (Wildman–Crippen MR) is 141 cm³/mol. The normalized spacial score (nSPS) is 15.1. The fourth-order valence-electron chi connectivity index (χ4n) is 3.76. The standard InChI is InChI=1S/C27H26N8O2/c1-15-21(12-20(14-32-15)33-27(37)19(13-28)10-22(29)16-2-3-16)25-31-9-7-23(34-25)18-6-8-30-24(11-18)35-26(36)17-4-5-17/h6-14,16-17,28-29H,2-5H2,1H3,(H,33,37)(H,30,35,36)/b19-10+,28-13?,29-22?. The van der Waals surface area contributed by atoms with E-state index in [2.05, 4.69) is 25.6 Å². The van der Waals surface area contributed by atoms with E-state index in [0.717, 1.165) is 37.5 Å². The molecule has 0 aromatic carbocycles. The van der Waals surface area contributed by atoms with Crippen molar-refractivity contribution in [2.45, 2.75) is 32.6 Å². The van der Waals surface area contributed by atoms with Crippen LogP contribution in [0.1, 0.15) is 31.4 Å². The van der Waals surface area contributed by atoms with Gasteiger partial charge in [-0.15, -0.1) is 0 Å². The molecule has 2 fully saturated rings. The Bertz CT molecular complexity index is 1440. The average Bonchev–Trinajstić information content (AvgIpc) is 3.81. The summed E-state index contributed by atoms with van der Waals surface area (Å²) in [7, 11) is 0. The van der Waals surface area contributed by atoms with Crippen LogP contribution in [0.25, 0.3) is 22.6 Å². The second-order valence-corrected chi connectivity index (χ2v) is 9.24. The highest BCUT2D eigenvalue weighted by atomic mass is 16.2. The molecule has 4 N–H and O–H groups in total. The van der Waals surface area contributed by atoms with Crippen LogP contribution < -0.4 is 10.6 Å². The Morgan fingerprint density at radius 3 is 2.49 bits per heavy atom. The number of amides is 2. The van der Waals surface area contributed by atoms with E-state index in [1.54, 1.807) is 30.6 Å². The Kier molecular flexibility index (Phi) is 6.63. The zero-order valence-electron chi connectivity index (χ0n) is 20.3. The number of pyridine rings is 2. The lowest BCUT2D eigenvalue weighted by Crippen LogP contribution is -2.17. The molecule has 3 aromatic heterocycles.